The summed E-state index contributed by atoms with van der Waals surface area (Å²) < 4.78 is 0.811. The van der Waals surface area contributed by atoms with Gasteiger partial charge in [-0.2, -0.15) is 0 Å². The molecule has 1 amide bonds. The van der Waals surface area contributed by atoms with Crippen LogP contribution in [0.15, 0.2) is 27.6 Å². The van der Waals surface area contributed by atoms with Crippen LogP contribution in [0, 0.1) is 0 Å². The van der Waals surface area contributed by atoms with E-state index in [4.69, 9.17) is 0 Å². The molecule has 0 aliphatic rings. The van der Waals surface area contributed by atoms with Crippen molar-refractivity contribution in [1.82, 2.24) is 9.80 Å². The minimum atomic E-state index is 0.0413. The Morgan fingerprint density at radius 2 is 2.05 bits per heavy atom. The summed E-state index contributed by atoms with van der Waals surface area (Å²) in [7, 11) is 4.03. The van der Waals surface area contributed by atoms with Gasteiger partial charge in [-0.25, -0.2) is 0 Å². The molecule has 0 spiro atoms. The molecule has 0 saturated carbocycles. The molecule has 106 valence electrons. The van der Waals surface area contributed by atoms with Gasteiger partial charge in [-0.05, 0) is 62.1 Å². The van der Waals surface area contributed by atoms with Crippen LogP contribution in [-0.4, -0.2) is 48.9 Å². The van der Waals surface area contributed by atoms with E-state index in [-0.39, 0.29) is 11.9 Å². The van der Waals surface area contributed by atoms with E-state index in [0.717, 1.165) is 15.9 Å². The number of nitrogens with zero attached hydrogens (tertiary/aromatic N) is 2. The second-order valence-electron chi connectivity index (χ2n) is 4.87. The van der Waals surface area contributed by atoms with Gasteiger partial charge in [-0.1, -0.05) is 0 Å². The molecule has 19 heavy (non-hydrogen) atoms. The second kappa shape index (κ2) is 7.31. The maximum atomic E-state index is 12.6. The summed E-state index contributed by atoms with van der Waals surface area (Å²) in [5.74, 6) is 0.0413. The van der Waals surface area contributed by atoms with Gasteiger partial charge in [0.05, 0.1) is 5.56 Å². The Morgan fingerprint density at radius 3 is 2.58 bits per heavy atom. The van der Waals surface area contributed by atoms with E-state index in [1.165, 1.54) is 0 Å². The van der Waals surface area contributed by atoms with Gasteiger partial charge in [-0.3, -0.25) is 4.79 Å². The highest BCUT2D eigenvalue weighted by Gasteiger charge is 2.22. The van der Waals surface area contributed by atoms with Crippen molar-refractivity contribution < 1.29 is 4.79 Å². The Labute approximate surface area is 129 Å². The SMILES string of the molecule is CCN(C(=O)c1cc(S)ccc1Br)C(C)CN(C)C. The fraction of sp³-hybridized carbons (Fsp3) is 0.500. The lowest BCUT2D eigenvalue weighted by Crippen LogP contribution is -2.43. The maximum Gasteiger partial charge on any atom is 0.255 e. The van der Waals surface area contributed by atoms with Gasteiger partial charge in [0.2, 0.25) is 0 Å². The van der Waals surface area contributed by atoms with Crippen LogP contribution >= 0.6 is 28.6 Å². The number of thiol groups is 1. The van der Waals surface area contributed by atoms with Crippen LogP contribution < -0.4 is 0 Å². The van der Waals surface area contributed by atoms with E-state index in [1.54, 1.807) is 6.07 Å². The number of carbonyl (C=O) groups excluding carboxylic acids is 1. The lowest BCUT2D eigenvalue weighted by Gasteiger charge is -2.30. The Morgan fingerprint density at radius 1 is 1.42 bits per heavy atom. The molecular formula is C14H21BrN2OS. The minimum absolute atomic E-state index is 0.0413. The molecule has 0 saturated heterocycles. The zero-order valence-electron chi connectivity index (χ0n) is 11.9. The van der Waals surface area contributed by atoms with Crippen molar-refractivity contribution in [3.05, 3.63) is 28.2 Å². The topological polar surface area (TPSA) is 23.6 Å². The van der Waals surface area contributed by atoms with Gasteiger partial charge >= 0.3 is 0 Å². The lowest BCUT2D eigenvalue weighted by molar-refractivity contribution is 0.0678. The summed E-state index contributed by atoms with van der Waals surface area (Å²) in [6, 6.07) is 5.70. The predicted octanol–water partition coefficient (Wildman–Crippen LogP) is 3.15. The van der Waals surface area contributed by atoms with E-state index in [9.17, 15) is 4.79 Å². The number of amides is 1. The third kappa shape index (κ3) is 4.51. The number of halogens is 1. The molecular weight excluding hydrogens is 324 g/mol. The van der Waals surface area contributed by atoms with E-state index in [0.29, 0.717) is 12.1 Å². The van der Waals surface area contributed by atoms with E-state index >= 15 is 0 Å². The first-order valence-corrected chi connectivity index (χ1v) is 7.55. The highest BCUT2D eigenvalue weighted by molar-refractivity contribution is 9.10. The molecule has 1 aromatic rings. The van der Waals surface area contributed by atoms with Crippen LogP contribution in [0.3, 0.4) is 0 Å². The average Bonchev–Trinajstić information content (AvgIpc) is 2.32. The standard InChI is InChI=1S/C14H21BrN2OS/c1-5-17(10(2)9-16(3)4)14(18)12-8-11(19)6-7-13(12)15/h6-8,10,19H,5,9H2,1-4H3. The third-order valence-electron chi connectivity index (χ3n) is 2.94. The fourth-order valence-corrected chi connectivity index (χ4v) is 2.73. The minimum Gasteiger partial charge on any atom is -0.335 e. The fourth-order valence-electron chi connectivity index (χ4n) is 2.11. The molecule has 3 nitrogen and oxygen atoms in total. The lowest BCUT2D eigenvalue weighted by atomic mass is 10.1. The highest BCUT2D eigenvalue weighted by Crippen LogP contribution is 2.22. The summed E-state index contributed by atoms with van der Waals surface area (Å²) in [6.07, 6.45) is 0. The van der Waals surface area contributed by atoms with Crippen LogP contribution in [0.25, 0.3) is 0 Å². The average molecular weight is 345 g/mol. The number of rotatable bonds is 5. The zero-order chi connectivity index (χ0) is 14.6. The summed E-state index contributed by atoms with van der Waals surface area (Å²) in [4.78, 5) is 17.4. The molecule has 0 aliphatic carbocycles. The number of hydrogen-bond acceptors (Lipinski definition) is 3. The van der Waals surface area contributed by atoms with Gasteiger partial charge in [0.25, 0.3) is 5.91 Å². The normalized spacial score (nSPS) is 12.6. The van der Waals surface area contributed by atoms with Gasteiger partial charge in [0.15, 0.2) is 0 Å². The van der Waals surface area contributed by atoms with E-state index < -0.39 is 0 Å². The number of benzene rings is 1. The van der Waals surface area contributed by atoms with Crippen LogP contribution in [-0.2, 0) is 0 Å². The van der Waals surface area contributed by atoms with Crippen LogP contribution in [0.1, 0.15) is 24.2 Å². The molecule has 1 atom stereocenters. The molecule has 0 fully saturated rings. The van der Waals surface area contributed by atoms with Gasteiger partial charge < -0.3 is 9.80 Å². The van der Waals surface area contributed by atoms with Crippen molar-refractivity contribution in [1.29, 1.82) is 0 Å². The number of carbonyl (C=O) groups is 1. The Bertz CT molecular complexity index is 451. The molecule has 5 heteroatoms. The van der Waals surface area contributed by atoms with Gasteiger partial charge in [0, 0.05) is 28.5 Å². The Hall–Kier alpha value is -0.520. The van der Waals surface area contributed by atoms with Crippen molar-refractivity contribution in [3.8, 4) is 0 Å². The molecule has 0 heterocycles. The van der Waals surface area contributed by atoms with Crippen LogP contribution in [0.2, 0.25) is 0 Å². The Balaban J connectivity index is 2.98. The van der Waals surface area contributed by atoms with Crippen molar-refractivity contribution in [2.24, 2.45) is 0 Å². The van der Waals surface area contributed by atoms with Gasteiger partial charge in [0.1, 0.15) is 0 Å². The molecule has 0 bridgehead atoms. The predicted molar refractivity (Wildman–Crippen MR) is 86.1 cm³/mol. The Kier molecular flexibility index (Phi) is 6.36. The van der Waals surface area contributed by atoms with Crippen molar-refractivity contribution in [3.63, 3.8) is 0 Å². The molecule has 0 aliphatic heterocycles. The van der Waals surface area contributed by atoms with Crippen LogP contribution in [0.4, 0.5) is 0 Å². The summed E-state index contributed by atoms with van der Waals surface area (Å²) in [5, 5.41) is 0. The summed E-state index contributed by atoms with van der Waals surface area (Å²) >= 11 is 7.74. The molecule has 0 radical (unpaired) electrons. The summed E-state index contributed by atoms with van der Waals surface area (Å²) in [6.45, 7) is 5.61. The molecule has 1 rings (SSSR count). The third-order valence-corrected chi connectivity index (χ3v) is 3.91. The second-order valence-corrected chi connectivity index (χ2v) is 6.24. The molecule has 0 N–H and O–H groups in total. The molecule has 1 aromatic carbocycles. The first-order valence-electron chi connectivity index (χ1n) is 6.31. The van der Waals surface area contributed by atoms with Gasteiger partial charge in [-0.15, -0.1) is 12.6 Å². The van der Waals surface area contributed by atoms with Crippen molar-refractivity contribution >= 4 is 34.5 Å². The van der Waals surface area contributed by atoms with E-state index in [2.05, 4.69) is 40.4 Å². The number of likely N-dealkylation sites (N-methyl/N-ethyl adjacent to an activating group) is 2. The van der Waals surface area contributed by atoms with Crippen molar-refractivity contribution in [2.75, 3.05) is 27.2 Å². The molecule has 1 unspecified atom stereocenters. The first-order chi connectivity index (χ1) is 8.86. The summed E-state index contributed by atoms with van der Waals surface area (Å²) in [5.41, 5.74) is 0.667. The maximum absolute atomic E-state index is 12.6. The monoisotopic (exact) mass is 344 g/mol. The quantitative estimate of drug-likeness (QED) is 0.829. The first kappa shape index (κ1) is 16.5. The smallest absolute Gasteiger partial charge is 0.255 e. The molecule has 0 aromatic heterocycles. The van der Waals surface area contributed by atoms with E-state index in [1.807, 2.05) is 38.1 Å². The zero-order valence-corrected chi connectivity index (χ0v) is 14.3. The largest absolute Gasteiger partial charge is 0.335 e. The van der Waals surface area contributed by atoms with Crippen LogP contribution in [0.5, 0.6) is 0 Å². The highest BCUT2D eigenvalue weighted by atomic mass is 79.9. The number of hydrogen-bond donors (Lipinski definition) is 1. The van der Waals surface area contributed by atoms with Crippen molar-refractivity contribution in [2.45, 2.75) is 24.8 Å².